The summed E-state index contributed by atoms with van der Waals surface area (Å²) in [7, 11) is 1.36. The Bertz CT molecular complexity index is 388. The Balaban J connectivity index is 2.94. The Kier molecular flexibility index (Phi) is 4.52. The number of nitrogens with one attached hydrogen (secondary N) is 1. The van der Waals surface area contributed by atoms with Crippen LogP contribution >= 0.6 is 0 Å². The molecule has 2 N–H and O–H groups in total. The van der Waals surface area contributed by atoms with E-state index in [1.807, 2.05) is 26.0 Å². The summed E-state index contributed by atoms with van der Waals surface area (Å²) < 4.78 is 4.72. The number of carbonyl (C=O) groups is 1. The number of ether oxygens (including phenoxy) is 1. The van der Waals surface area contributed by atoms with Crippen molar-refractivity contribution in [3.05, 3.63) is 29.8 Å². The lowest BCUT2D eigenvalue weighted by molar-refractivity contribution is 0.0602. The minimum absolute atomic E-state index is 0.0976. The molecule has 1 aromatic carbocycles. The number of para-hydroxylation sites is 1. The second-order valence-corrected chi connectivity index (χ2v) is 4.52. The Morgan fingerprint density at radius 3 is 2.65 bits per heavy atom. The van der Waals surface area contributed by atoms with Gasteiger partial charge < -0.3 is 15.2 Å². The van der Waals surface area contributed by atoms with Gasteiger partial charge in [-0.15, -0.1) is 0 Å². The zero-order valence-corrected chi connectivity index (χ0v) is 10.5. The molecule has 17 heavy (non-hydrogen) atoms. The average Bonchev–Trinajstić information content (AvgIpc) is 2.28. The van der Waals surface area contributed by atoms with Gasteiger partial charge in [-0.2, -0.15) is 0 Å². The summed E-state index contributed by atoms with van der Waals surface area (Å²) in [6.07, 6.45) is 0.600. The molecular formula is C13H19NO3. The standard InChI is InChI=1S/C13H19NO3/c1-13(2,8-9-15)14-11-7-5-4-6-10(11)12(16)17-3/h4-7,14-15H,8-9H2,1-3H3. The van der Waals surface area contributed by atoms with Gasteiger partial charge in [-0.3, -0.25) is 0 Å². The van der Waals surface area contributed by atoms with E-state index in [9.17, 15) is 4.79 Å². The topological polar surface area (TPSA) is 58.6 Å². The molecule has 0 amide bonds. The van der Waals surface area contributed by atoms with Crippen LogP contribution in [0.2, 0.25) is 0 Å². The minimum atomic E-state index is -0.368. The molecule has 4 heteroatoms. The molecule has 94 valence electrons. The first-order valence-corrected chi connectivity index (χ1v) is 5.56. The van der Waals surface area contributed by atoms with E-state index in [2.05, 4.69) is 5.32 Å². The van der Waals surface area contributed by atoms with Crippen LogP contribution in [0.5, 0.6) is 0 Å². The number of esters is 1. The maximum atomic E-state index is 11.6. The molecule has 0 spiro atoms. The summed E-state index contributed by atoms with van der Waals surface area (Å²) >= 11 is 0. The number of aliphatic hydroxyl groups is 1. The van der Waals surface area contributed by atoms with Gasteiger partial charge in [0.25, 0.3) is 0 Å². The van der Waals surface area contributed by atoms with Crippen molar-refractivity contribution in [1.29, 1.82) is 0 Å². The molecule has 0 atom stereocenters. The van der Waals surface area contributed by atoms with Crippen LogP contribution in [0, 0.1) is 0 Å². The van der Waals surface area contributed by atoms with Crippen molar-refractivity contribution in [1.82, 2.24) is 0 Å². The molecule has 0 unspecified atom stereocenters. The highest BCUT2D eigenvalue weighted by Gasteiger charge is 2.20. The maximum Gasteiger partial charge on any atom is 0.339 e. The minimum Gasteiger partial charge on any atom is -0.465 e. The lowest BCUT2D eigenvalue weighted by atomic mass is 10.00. The van der Waals surface area contributed by atoms with Crippen LogP contribution in [0.25, 0.3) is 0 Å². The molecule has 0 radical (unpaired) electrons. The van der Waals surface area contributed by atoms with Crippen molar-refractivity contribution < 1.29 is 14.6 Å². The summed E-state index contributed by atoms with van der Waals surface area (Å²) in [5, 5.41) is 12.2. The van der Waals surface area contributed by atoms with Crippen LogP contribution in [0.15, 0.2) is 24.3 Å². The van der Waals surface area contributed by atoms with Crippen molar-refractivity contribution in [2.24, 2.45) is 0 Å². The number of anilines is 1. The van der Waals surface area contributed by atoms with E-state index in [0.29, 0.717) is 12.0 Å². The SMILES string of the molecule is COC(=O)c1ccccc1NC(C)(C)CCO. The van der Waals surface area contributed by atoms with Gasteiger partial charge in [-0.25, -0.2) is 4.79 Å². The highest BCUT2D eigenvalue weighted by atomic mass is 16.5. The summed E-state index contributed by atoms with van der Waals surface area (Å²) in [6.45, 7) is 4.04. The Morgan fingerprint density at radius 2 is 2.06 bits per heavy atom. The first-order valence-electron chi connectivity index (χ1n) is 5.56. The largest absolute Gasteiger partial charge is 0.465 e. The Hall–Kier alpha value is -1.55. The van der Waals surface area contributed by atoms with Crippen LogP contribution in [-0.2, 0) is 4.74 Å². The number of carbonyl (C=O) groups excluding carboxylic acids is 1. The van der Waals surface area contributed by atoms with Crippen molar-refractivity contribution >= 4 is 11.7 Å². The van der Waals surface area contributed by atoms with Crippen LogP contribution in [0.3, 0.4) is 0 Å². The van der Waals surface area contributed by atoms with Crippen LogP contribution in [0.4, 0.5) is 5.69 Å². The van der Waals surface area contributed by atoms with E-state index < -0.39 is 0 Å². The average molecular weight is 237 g/mol. The monoisotopic (exact) mass is 237 g/mol. The molecule has 0 aliphatic carbocycles. The number of hydrogen-bond donors (Lipinski definition) is 2. The lowest BCUT2D eigenvalue weighted by Gasteiger charge is -2.27. The van der Waals surface area contributed by atoms with Crippen molar-refractivity contribution in [3.63, 3.8) is 0 Å². The van der Waals surface area contributed by atoms with Crippen molar-refractivity contribution in [2.75, 3.05) is 19.0 Å². The van der Waals surface area contributed by atoms with Crippen LogP contribution in [-0.4, -0.2) is 30.3 Å². The number of aliphatic hydroxyl groups excluding tert-OH is 1. The number of benzene rings is 1. The van der Waals surface area contributed by atoms with E-state index >= 15 is 0 Å². The number of hydrogen-bond acceptors (Lipinski definition) is 4. The van der Waals surface area contributed by atoms with Gasteiger partial charge in [-0.05, 0) is 32.4 Å². The number of methoxy groups -OCH3 is 1. The predicted octanol–water partition coefficient (Wildman–Crippen LogP) is 2.05. The molecule has 0 saturated carbocycles. The first-order chi connectivity index (χ1) is 8.00. The van der Waals surface area contributed by atoms with Crippen LogP contribution in [0.1, 0.15) is 30.6 Å². The van der Waals surface area contributed by atoms with E-state index in [1.165, 1.54) is 7.11 Å². The van der Waals surface area contributed by atoms with E-state index in [1.54, 1.807) is 12.1 Å². The fraction of sp³-hybridized carbons (Fsp3) is 0.462. The quantitative estimate of drug-likeness (QED) is 0.769. The molecule has 0 aliphatic rings. The Morgan fingerprint density at radius 1 is 1.41 bits per heavy atom. The third kappa shape index (κ3) is 3.75. The first kappa shape index (κ1) is 13.5. The molecule has 0 saturated heterocycles. The molecule has 1 aromatic rings. The summed E-state index contributed by atoms with van der Waals surface area (Å²) in [4.78, 5) is 11.6. The maximum absolute atomic E-state index is 11.6. The van der Waals surface area contributed by atoms with Gasteiger partial charge in [0.1, 0.15) is 0 Å². The van der Waals surface area contributed by atoms with Gasteiger partial charge in [0.2, 0.25) is 0 Å². The molecule has 1 rings (SSSR count). The highest BCUT2D eigenvalue weighted by Crippen LogP contribution is 2.22. The van der Waals surface area contributed by atoms with Gasteiger partial charge in [-0.1, -0.05) is 12.1 Å². The van der Waals surface area contributed by atoms with Crippen LogP contribution < -0.4 is 5.32 Å². The lowest BCUT2D eigenvalue weighted by Crippen LogP contribution is -2.32. The summed E-state index contributed by atoms with van der Waals surface area (Å²) in [5.74, 6) is -0.368. The highest BCUT2D eigenvalue weighted by molar-refractivity contribution is 5.95. The molecule has 0 fully saturated rings. The second-order valence-electron chi connectivity index (χ2n) is 4.52. The predicted molar refractivity (Wildman–Crippen MR) is 67.2 cm³/mol. The zero-order valence-electron chi connectivity index (χ0n) is 10.5. The van der Waals surface area contributed by atoms with Crippen molar-refractivity contribution in [3.8, 4) is 0 Å². The zero-order chi connectivity index (χ0) is 12.9. The molecule has 0 aromatic heterocycles. The second kappa shape index (κ2) is 5.68. The molecule has 4 nitrogen and oxygen atoms in total. The van der Waals surface area contributed by atoms with Gasteiger partial charge in [0.05, 0.1) is 12.7 Å². The van der Waals surface area contributed by atoms with Gasteiger partial charge in [0, 0.05) is 17.8 Å². The summed E-state index contributed by atoms with van der Waals surface area (Å²) in [5.41, 5.74) is 0.942. The van der Waals surface area contributed by atoms with Gasteiger partial charge in [0.15, 0.2) is 0 Å². The van der Waals surface area contributed by atoms with E-state index in [4.69, 9.17) is 9.84 Å². The normalized spacial score (nSPS) is 11.1. The van der Waals surface area contributed by atoms with E-state index in [0.717, 1.165) is 5.69 Å². The van der Waals surface area contributed by atoms with Crippen molar-refractivity contribution in [2.45, 2.75) is 25.8 Å². The van der Waals surface area contributed by atoms with Gasteiger partial charge >= 0.3 is 5.97 Å². The Labute approximate surface area is 102 Å². The smallest absolute Gasteiger partial charge is 0.339 e. The molecule has 0 heterocycles. The fourth-order valence-electron chi connectivity index (χ4n) is 1.59. The third-order valence-corrected chi connectivity index (χ3v) is 2.54. The number of rotatable bonds is 5. The molecule has 0 aliphatic heterocycles. The van der Waals surface area contributed by atoms with E-state index in [-0.39, 0.29) is 18.1 Å². The third-order valence-electron chi connectivity index (χ3n) is 2.54. The molecular weight excluding hydrogens is 218 g/mol. The fourth-order valence-corrected chi connectivity index (χ4v) is 1.59. The molecule has 0 bridgehead atoms. The summed E-state index contributed by atoms with van der Waals surface area (Å²) in [6, 6.07) is 7.18.